The Morgan fingerprint density at radius 2 is 2.29 bits per heavy atom. The van der Waals surface area contributed by atoms with Crippen LogP contribution in [0.4, 0.5) is 4.39 Å². The van der Waals surface area contributed by atoms with Gasteiger partial charge in [0.15, 0.2) is 4.77 Å². The highest BCUT2D eigenvalue weighted by Crippen LogP contribution is 2.27. The van der Waals surface area contributed by atoms with Gasteiger partial charge in [-0.1, -0.05) is 11.6 Å². The molecule has 0 saturated carbocycles. The van der Waals surface area contributed by atoms with Crippen molar-refractivity contribution in [3.63, 3.8) is 0 Å². The lowest BCUT2D eigenvalue weighted by Crippen LogP contribution is -2.06. The van der Waals surface area contributed by atoms with E-state index >= 15 is 0 Å². The summed E-state index contributed by atoms with van der Waals surface area (Å²) in [6.07, 6.45) is 3.35. The van der Waals surface area contributed by atoms with Gasteiger partial charge in [0.1, 0.15) is 11.6 Å². The average Bonchev–Trinajstić information content (AvgIpc) is 3.04. The van der Waals surface area contributed by atoms with Crippen LogP contribution >= 0.6 is 23.8 Å². The van der Waals surface area contributed by atoms with E-state index in [-0.39, 0.29) is 11.1 Å². The molecule has 1 unspecified atom stereocenters. The van der Waals surface area contributed by atoms with Gasteiger partial charge in [-0.05, 0) is 43.8 Å². The summed E-state index contributed by atoms with van der Waals surface area (Å²) in [4.78, 5) is 3.02. The van der Waals surface area contributed by atoms with Crippen LogP contribution < -0.4 is 0 Å². The summed E-state index contributed by atoms with van der Waals surface area (Å²) >= 11 is 11.2. The Morgan fingerprint density at radius 1 is 1.48 bits per heavy atom. The number of imidazole rings is 1. The lowest BCUT2D eigenvalue weighted by molar-refractivity contribution is 0.455. The summed E-state index contributed by atoms with van der Waals surface area (Å²) in [6.45, 7) is 2.07. The summed E-state index contributed by atoms with van der Waals surface area (Å²) in [5, 5.41) is 0.100. The van der Waals surface area contributed by atoms with Crippen LogP contribution in [0.15, 0.2) is 34.9 Å². The molecule has 0 fully saturated rings. The summed E-state index contributed by atoms with van der Waals surface area (Å²) in [5.74, 6) is 0.494. The van der Waals surface area contributed by atoms with Gasteiger partial charge in [-0.15, -0.1) is 0 Å². The molecule has 0 bridgehead atoms. The molecule has 0 aliphatic rings. The average molecular weight is 325 g/mol. The molecule has 3 nitrogen and oxygen atoms in total. The van der Waals surface area contributed by atoms with E-state index in [0.29, 0.717) is 10.3 Å². The van der Waals surface area contributed by atoms with Crippen molar-refractivity contribution in [3.05, 3.63) is 51.9 Å². The van der Waals surface area contributed by atoms with Crippen molar-refractivity contribution >= 4 is 34.9 Å². The minimum atomic E-state index is -0.448. The molecule has 1 atom stereocenters. The molecule has 1 N–H and O–H groups in total. The molecule has 21 heavy (non-hydrogen) atoms. The Labute approximate surface area is 131 Å². The number of benzene rings is 1. The van der Waals surface area contributed by atoms with Crippen LogP contribution in [0.1, 0.15) is 25.1 Å². The fourth-order valence-electron chi connectivity index (χ4n) is 2.49. The van der Waals surface area contributed by atoms with E-state index < -0.39 is 5.82 Å². The molecule has 0 radical (unpaired) electrons. The fourth-order valence-corrected chi connectivity index (χ4v) is 3.04. The van der Waals surface area contributed by atoms with Crippen molar-refractivity contribution in [2.45, 2.75) is 25.8 Å². The van der Waals surface area contributed by atoms with E-state index in [1.807, 2.05) is 16.7 Å². The number of nitrogens with one attached hydrogen (secondary N) is 1. The van der Waals surface area contributed by atoms with Crippen LogP contribution in [-0.2, 0) is 6.42 Å². The van der Waals surface area contributed by atoms with E-state index in [1.165, 1.54) is 6.07 Å². The molecule has 0 aliphatic heterocycles. The number of halogens is 2. The Kier molecular flexibility index (Phi) is 3.87. The number of aryl methyl sites for hydroxylation is 1. The third-order valence-corrected chi connectivity index (χ3v) is 4.18. The first-order chi connectivity index (χ1) is 10.1. The molecule has 6 heteroatoms. The number of fused-ring (bicyclic) bond motifs is 1. The SMILES string of the molecule is CC(CCc1ccco1)n1c(=S)[nH]c2cc(F)c(Cl)cc21. The first-order valence-corrected chi connectivity index (χ1v) is 7.46. The molecular weight excluding hydrogens is 311 g/mol. The molecule has 110 valence electrons. The molecule has 0 amide bonds. The summed E-state index contributed by atoms with van der Waals surface area (Å²) in [7, 11) is 0. The molecule has 2 heterocycles. The second-order valence-corrected chi connectivity index (χ2v) is 5.84. The quantitative estimate of drug-likeness (QED) is 0.662. The normalized spacial score (nSPS) is 12.9. The van der Waals surface area contributed by atoms with Crippen molar-refractivity contribution in [3.8, 4) is 0 Å². The Morgan fingerprint density at radius 3 is 3.00 bits per heavy atom. The number of hydrogen-bond donors (Lipinski definition) is 1. The van der Waals surface area contributed by atoms with Gasteiger partial charge in [0, 0.05) is 18.5 Å². The molecule has 1 aromatic carbocycles. The molecule has 3 aromatic rings. The van der Waals surface area contributed by atoms with E-state index in [2.05, 4.69) is 11.9 Å². The molecule has 0 aliphatic carbocycles. The Hall–Kier alpha value is -1.59. The van der Waals surface area contributed by atoms with Gasteiger partial charge in [0.25, 0.3) is 0 Å². The zero-order valence-electron chi connectivity index (χ0n) is 11.4. The predicted octanol–water partition coefficient (Wildman–Crippen LogP) is 5.28. The molecule has 3 rings (SSSR count). The van der Waals surface area contributed by atoms with Gasteiger partial charge >= 0.3 is 0 Å². The topological polar surface area (TPSA) is 33.9 Å². The third-order valence-electron chi connectivity index (χ3n) is 3.59. The number of H-pyrrole nitrogens is 1. The number of hydrogen-bond acceptors (Lipinski definition) is 2. The van der Waals surface area contributed by atoms with Crippen LogP contribution in [0.2, 0.25) is 5.02 Å². The van der Waals surface area contributed by atoms with E-state index in [1.54, 1.807) is 12.3 Å². The number of aromatic amines is 1. The summed E-state index contributed by atoms with van der Waals surface area (Å²) in [6, 6.07) is 6.97. The summed E-state index contributed by atoms with van der Waals surface area (Å²) in [5.41, 5.74) is 1.48. The van der Waals surface area contributed by atoms with Crippen molar-refractivity contribution in [1.29, 1.82) is 0 Å². The predicted molar refractivity (Wildman–Crippen MR) is 83.8 cm³/mol. The highest BCUT2D eigenvalue weighted by atomic mass is 35.5. The van der Waals surface area contributed by atoms with Crippen LogP contribution in [0.3, 0.4) is 0 Å². The van der Waals surface area contributed by atoms with Gasteiger partial charge in [0.2, 0.25) is 0 Å². The van der Waals surface area contributed by atoms with Gasteiger partial charge in [-0.2, -0.15) is 0 Å². The third kappa shape index (κ3) is 2.76. The first-order valence-electron chi connectivity index (χ1n) is 6.68. The van der Waals surface area contributed by atoms with Crippen molar-refractivity contribution in [1.82, 2.24) is 9.55 Å². The van der Waals surface area contributed by atoms with Crippen LogP contribution in [0, 0.1) is 10.6 Å². The van der Waals surface area contributed by atoms with E-state index in [4.69, 9.17) is 28.2 Å². The van der Waals surface area contributed by atoms with Gasteiger partial charge < -0.3 is 14.0 Å². The van der Waals surface area contributed by atoms with Gasteiger partial charge in [-0.25, -0.2) is 4.39 Å². The second-order valence-electron chi connectivity index (χ2n) is 5.05. The largest absolute Gasteiger partial charge is 0.469 e. The minimum Gasteiger partial charge on any atom is -0.469 e. The van der Waals surface area contributed by atoms with Crippen LogP contribution in [-0.4, -0.2) is 9.55 Å². The second kappa shape index (κ2) is 5.66. The zero-order chi connectivity index (χ0) is 15.0. The molecule has 2 aromatic heterocycles. The lowest BCUT2D eigenvalue weighted by atomic mass is 10.1. The van der Waals surface area contributed by atoms with Gasteiger partial charge in [0.05, 0.1) is 22.3 Å². The smallest absolute Gasteiger partial charge is 0.178 e. The number of rotatable bonds is 4. The maximum atomic E-state index is 13.5. The Balaban J connectivity index is 1.93. The number of furan rings is 1. The monoisotopic (exact) mass is 324 g/mol. The van der Waals surface area contributed by atoms with Gasteiger partial charge in [-0.3, -0.25) is 0 Å². The highest BCUT2D eigenvalue weighted by Gasteiger charge is 2.14. The standard InChI is InChI=1S/C15H14ClFN2OS/c1-9(4-5-10-3-2-6-20-10)19-14-7-11(16)12(17)8-13(14)18-15(19)21/h2-3,6-9H,4-5H2,1H3,(H,18,21). The highest BCUT2D eigenvalue weighted by molar-refractivity contribution is 7.71. The van der Waals surface area contributed by atoms with E-state index in [0.717, 1.165) is 24.1 Å². The number of aromatic nitrogens is 2. The van der Waals surface area contributed by atoms with Crippen molar-refractivity contribution in [2.24, 2.45) is 0 Å². The molecule has 0 saturated heterocycles. The first kappa shape index (κ1) is 14.4. The minimum absolute atomic E-state index is 0.100. The Bertz CT molecular complexity index is 822. The fraction of sp³-hybridized carbons (Fsp3) is 0.267. The lowest BCUT2D eigenvalue weighted by Gasteiger charge is -2.14. The number of nitrogens with zero attached hydrogens (tertiary/aromatic N) is 1. The maximum absolute atomic E-state index is 13.5. The summed E-state index contributed by atoms with van der Waals surface area (Å²) < 4.78 is 21.4. The zero-order valence-corrected chi connectivity index (χ0v) is 13.0. The van der Waals surface area contributed by atoms with Crippen molar-refractivity contribution in [2.75, 3.05) is 0 Å². The van der Waals surface area contributed by atoms with E-state index in [9.17, 15) is 4.39 Å². The van der Waals surface area contributed by atoms with Crippen molar-refractivity contribution < 1.29 is 8.81 Å². The van der Waals surface area contributed by atoms with Crippen LogP contribution in [0.5, 0.6) is 0 Å². The molecular formula is C15H14ClFN2OS. The maximum Gasteiger partial charge on any atom is 0.178 e. The molecule has 0 spiro atoms. The van der Waals surface area contributed by atoms with Crippen LogP contribution in [0.25, 0.3) is 11.0 Å².